The molecule has 0 saturated carbocycles. The van der Waals surface area contributed by atoms with E-state index in [0.717, 1.165) is 0 Å². The molecule has 0 aliphatic heterocycles. The number of carbonyl (C=O) groups is 2. The van der Waals surface area contributed by atoms with E-state index in [9.17, 15) is 9.59 Å². The molecule has 0 aromatic carbocycles. The summed E-state index contributed by atoms with van der Waals surface area (Å²) in [5.41, 5.74) is 2.52. The highest BCUT2D eigenvalue weighted by atomic mass is 16.4. The van der Waals surface area contributed by atoms with E-state index >= 15 is 0 Å². The third kappa shape index (κ3) is 6.45. The molecule has 9 nitrogen and oxygen atoms in total. The maximum absolute atomic E-state index is 10.6. The first-order valence-corrected chi connectivity index (χ1v) is 6.13. The topological polar surface area (TPSA) is 173 Å². The number of hydrogen-bond acceptors (Lipinski definition) is 7. The van der Waals surface area contributed by atoms with E-state index in [1.54, 1.807) is 0 Å². The highest BCUT2D eigenvalue weighted by molar-refractivity contribution is 5.67. The van der Waals surface area contributed by atoms with Crippen LogP contribution in [0.25, 0.3) is 0 Å². The quantitative estimate of drug-likeness (QED) is 0.524. The van der Waals surface area contributed by atoms with Crippen molar-refractivity contribution in [1.29, 1.82) is 10.5 Å². The summed E-state index contributed by atoms with van der Waals surface area (Å²) < 4.78 is 0. The van der Waals surface area contributed by atoms with Crippen LogP contribution in [0.4, 0.5) is 0 Å². The molecule has 0 aromatic rings. The molecule has 0 amide bonds. The second-order valence-electron chi connectivity index (χ2n) is 4.72. The second-order valence-corrected chi connectivity index (χ2v) is 4.72. The molecule has 4 N–H and O–H groups in total. The molecule has 2 atom stereocenters. The van der Waals surface area contributed by atoms with Crippen LogP contribution in [0.2, 0.25) is 0 Å². The first-order chi connectivity index (χ1) is 9.72. The van der Waals surface area contributed by atoms with Crippen LogP contribution in [-0.4, -0.2) is 39.8 Å². The van der Waals surface area contributed by atoms with Gasteiger partial charge in [-0.25, -0.2) is 0 Å². The highest BCUT2D eigenvalue weighted by Crippen LogP contribution is 2.23. The van der Waals surface area contributed by atoms with E-state index in [1.807, 2.05) is 12.1 Å². The Hall–Kier alpha value is -2.52. The first-order valence-electron chi connectivity index (χ1n) is 6.13. The van der Waals surface area contributed by atoms with Gasteiger partial charge in [-0.1, -0.05) is 0 Å². The number of aliphatic carboxylic acids is 2. The molecule has 9 heteroatoms. The van der Waals surface area contributed by atoms with Crippen molar-refractivity contribution < 1.29 is 19.8 Å². The van der Waals surface area contributed by atoms with Crippen molar-refractivity contribution in [2.45, 2.75) is 43.7 Å². The molecule has 2 unspecified atom stereocenters. The Morgan fingerprint density at radius 3 is 2.00 bits per heavy atom. The van der Waals surface area contributed by atoms with Crippen molar-refractivity contribution in [3.63, 3.8) is 0 Å². The van der Waals surface area contributed by atoms with Crippen molar-refractivity contribution in [2.24, 2.45) is 16.0 Å². The molecule has 0 rings (SSSR count). The van der Waals surface area contributed by atoms with Crippen LogP contribution in [0.15, 0.2) is 10.2 Å². The van der Waals surface area contributed by atoms with Gasteiger partial charge >= 0.3 is 11.9 Å². The summed E-state index contributed by atoms with van der Waals surface area (Å²) in [7, 11) is 0. The number of azo groups is 1. The molecular weight excluding hydrogens is 278 g/mol. The van der Waals surface area contributed by atoms with E-state index in [4.69, 9.17) is 26.5 Å². The van der Waals surface area contributed by atoms with Gasteiger partial charge in [0.2, 0.25) is 0 Å². The molecular formula is C12H17N5O4. The van der Waals surface area contributed by atoms with Gasteiger partial charge in [-0.2, -0.15) is 20.8 Å². The Kier molecular flexibility index (Phi) is 6.97. The number of rotatable bonds is 9. The average Bonchev–Trinajstić information content (AvgIpc) is 2.46. The van der Waals surface area contributed by atoms with Crippen LogP contribution in [0.5, 0.6) is 0 Å². The number of hydrogen-bond donors (Lipinski definition) is 3. The molecule has 0 heterocycles. The fourth-order valence-corrected chi connectivity index (χ4v) is 1.32. The summed E-state index contributed by atoms with van der Waals surface area (Å²) in [6.07, 6.45) is -0.810. The minimum atomic E-state index is -1.53. The molecule has 21 heavy (non-hydrogen) atoms. The van der Waals surface area contributed by atoms with Crippen LogP contribution >= 0.6 is 0 Å². The fourth-order valence-electron chi connectivity index (χ4n) is 1.32. The smallest absolute Gasteiger partial charge is 0.303 e. The van der Waals surface area contributed by atoms with Crippen LogP contribution in [0.1, 0.15) is 32.6 Å². The van der Waals surface area contributed by atoms with Gasteiger partial charge in [0.15, 0.2) is 11.1 Å². The summed E-state index contributed by atoms with van der Waals surface area (Å²) in [6, 6.07) is 3.64. The Balaban J connectivity index is 5.12. The predicted octanol–water partition coefficient (Wildman–Crippen LogP) is 0.672. The highest BCUT2D eigenvalue weighted by Gasteiger charge is 2.32. The monoisotopic (exact) mass is 295 g/mol. The predicted molar refractivity (Wildman–Crippen MR) is 70.0 cm³/mol. The number of nitrogens with zero attached hydrogens (tertiary/aromatic N) is 4. The van der Waals surface area contributed by atoms with Gasteiger partial charge in [0.05, 0.1) is 12.1 Å². The summed E-state index contributed by atoms with van der Waals surface area (Å²) in [5, 5.41) is 42.9. The normalized spacial score (nSPS) is 16.4. The Morgan fingerprint density at radius 1 is 1.10 bits per heavy atom. The van der Waals surface area contributed by atoms with Gasteiger partial charge in [-0.3, -0.25) is 9.59 Å². The van der Waals surface area contributed by atoms with Crippen molar-refractivity contribution in [3.05, 3.63) is 0 Å². The lowest BCUT2D eigenvalue weighted by atomic mass is 9.96. The number of carboxylic acid groups (broad SMARTS) is 2. The molecule has 0 spiro atoms. The van der Waals surface area contributed by atoms with Gasteiger partial charge in [0.1, 0.15) is 0 Å². The van der Waals surface area contributed by atoms with E-state index in [0.29, 0.717) is 0 Å². The fraction of sp³-hybridized carbons (Fsp3) is 0.667. The molecule has 0 aliphatic carbocycles. The zero-order chi connectivity index (χ0) is 16.5. The first kappa shape index (κ1) is 18.5. The lowest BCUT2D eigenvalue weighted by molar-refractivity contribution is -0.138. The Morgan fingerprint density at radius 2 is 1.62 bits per heavy atom. The lowest BCUT2D eigenvalue weighted by Crippen LogP contribution is -2.35. The van der Waals surface area contributed by atoms with Gasteiger partial charge in [-0.15, -0.1) is 0 Å². The maximum Gasteiger partial charge on any atom is 0.303 e. The minimum absolute atomic E-state index is 0.0760. The molecule has 0 aromatic heterocycles. The molecule has 0 saturated heterocycles. The van der Waals surface area contributed by atoms with Gasteiger partial charge in [-0.05, 0) is 19.8 Å². The summed E-state index contributed by atoms with van der Waals surface area (Å²) >= 11 is 0. The SMILES string of the molecule is CC(C#N)(CCC(=O)O)N=NC(C#N)(CN)CCC(=O)O. The lowest BCUT2D eigenvalue weighted by Gasteiger charge is -2.20. The standard InChI is InChI=1S/C12H17N5O4/c1-11(6-13,4-2-9(18)19)16-17-12(7-14,8-15)5-3-10(20)21/h2-5,7,14H2,1H3,(H,18,19)(H,20,21). The van der Waals surface area contributed by atoms with Crippen molar-refractivity contribution in [1.82, 2.24) is 0 Å². The summed E-state index contributed by atoms with van der Waals surface area (Å²) in [6.45, 7) is 1.13. The molecule has 0 fully saturated rings. The maximum atomic E-state index is 10.6. The third-order valence-corrected chi connectivity index (χ3v) is 2.83. The van der Waals surface area contributed by atoms with Gasteiger partial charge < -0.3 is 15.9 Å². The zero-order valence-electron chi connectivity index (χ0n) is 11.6. The average molecular weight is 295 g/mol. The van der Waals surface area contributed by atoms with Gasteiger partial charge in [0.25, 0.3) is 0 Å². The molecule has 0 aliphatic rings. The van der Waals surface area contributed by atoms with Crippen LogP contribution < -0.4 is 5.73 Å². The molecule has 0 bridgehead atoms. The summed E-state index contributed by atoms with van der Waals surface area (Å²) in [4.78, 5) is 21.1. The number of nitriles is 2. The van der Waals surface area contributed by atoms with E-state index in [-0.39, 0.29) is 32.2 Å². The Bertz CT molecular complexity index is 507. The van der Waals surface area contributed by atoms with Crippen molar-refractivity contribution in [3.8, 4) is 12.1 Å². The third-order valence-electron chi connectivity index (χ3n) is 2.83. The second kappa shape index (κ2) is 7.92. The minimum Gasteiger partial charge on any atom is -0.481 e. The van der Waals surface area contributed by atoms with E-state index < -0.39 is 23.0 Å². The molecule has 0 radical (unpaired) electrons. The van der Waals surface area contributed by atoms with Crippen LogP contribution in [0.3, 0.4) is 0 Å². The number of carboxylic acids is 2. The van der Waals surface area contributed by atoms with E-state index in [2.05, 4.69) is 10.2 Å². The van der Waals surface area contributed by atoms with Gasteiger partial charge in [0, 0.05) is 19.4 Å². The van der Waals surface area contributed by atoms with Crippen molar-refractivity contribution >= 4 is 11.9 Å². The summed E-state index contributed by atoms with van der Waals surface area (Å²) in [5.74, 6) is -2.19. The zero-order valence-corrected chi connectivity index (χ0v) is 11.6. The molecule has 114 valence electrons. The largest absolute Gasteiger partial charge is 0.481 e. The van der Waals surface area contributed by atoms with Crippen LogP contribution in [-0.2, 0) is 9.59 Å². The Labute approximate surface area is 121 Å². The van der Waals surface area contributed by atoms with Crippen LogP contribution in [0, 0.1) is 22.7 Å². The van der Waals surface area contributed by atoms with E-state index in [1.165, 1.54) is 6.92 Å². The number of nitrogens with two attached hydrogens (primary N) is 1. The van der Waals surface area contributed by atoms with Crippen molar-refractivity contribution in [2.75, 3.05) is 6.54 Å².